The lowest BCUT2D eigenvalue weighted by Gasteiger charge is -2.09. The minimum absolute atomic E-state index is 0.0354. The zero-order chi connectivity index (χ0) is 9.46. The van der Waals surface area contributed by atoms with Gasteiger partial charge in [-0.3, -0.25) is 9.59 Å². The van der Waals surface area contributed by atoms with Crippen molar-refractivity contribution in [3.05, 3.63) is 19.2 Å². The first-order valence-electron chi connectivity index (χ1n) is 2.70. The van der Waals surface area contributed by atoms with Crippen molar-refractivity contribution in [3.8, 4) is 0 Å². The number of hydrogen-bond donors (Lipinski definition) is 1. The van der Waals surface area contributed by atoms with Crippen molar-refractivity contribution in [1.29, 1.82) is 0 Å². The Morgan fingerprint density at radius 1 is 0.833 bits per heavy atom. The van der Waals surface area contributed by atoms with Crippen LogP contribution in [0.25, 0.3) is 0 Å². The summed E-state index contributed by atoms with van der Waals surface area (Å²) < 4.78 is 0.0924. The summed E-state index contributed by atoms with van der Waals surface area (Å²) in [6.07, 6.45) is 0. The van der Waals surface area contributed by atoms with Gasteiger partial charge in [-0.25, -0.2) is 0 Å². The summed E-state index contributed by atoms with van der Waals surface area (Å²) in [6.45, 7) is 0. The maximum atomic E-state index is 11.0. The third kappa shape index (κ3) is 1.43. The number of carbonyl (C=O) groups is 2. The predicted molar refractivity (Wildman–Crippen MR) is 53.5 cm³/mol. The van der Waals surface area contributed by atoms with Crippen LogP contribution in [-0.2, 0) is 9.59 Å². The number of halogens is 3. The van der Waals surface area contributed by atoms with Crippen LogP contribution in [0.5, 0.6) is 0 Å². The molecule has 1 N–H and O–H groups in total. The number of carbonyl (C=O) groups excluding carboxylic acids is 2. The van der Waals surface area contributed by atoms with Crippen LogP contribution in [0.2, 0.25) is 0 Å². The van der Waals surface area contributed by atoms with E-state index in [1.807, 2.05) is 0 Å². The standard InChI is InChI=1S/C6HBr3O3/c7-1-2(8)5(11)6(12)3(9)4(1)10/h10H. The van der Waals surface area contributed by atoms with Crippen LogP contribution >= 0.6 is 47.8 Å². The molecule has 0 saturated heterocycles. The quantitative estimate of drug-likeness (QED) is 0.533. The van der Waals surface area contributed by atoms with E-state index in [4.69, 9.17) is 0 Å². The topological polar surface area (TPSA) is 54.4 Å². The van der Waals surface area contributed by atoms with Crippen molar-refractivity contribution in [2.24, 2.45) is 0 Å². The van der Waals surface area contributed by atoms with Gasteiger partial charge in [-0.2, -0.15) is 0 Å². The third-order valence-corrected chi connectivity index (χ3v) is 4.01. The molecule has 0 aliphatic heterocycles. The Labute approximate surface area is 92.9 Å². The monoisotopic (exact) mass is 358 g/mol. The van der Waals surface area contributed by atoms with Crippen molar-refractivity contribution < 1.29 is 14.7 Å². The summed E-state index contributed by atoms with van der Waals surface area (Å²) in [5.41, 5.74) is 0. The van der Waals surface area contributed by atoms with Gasteiger partial charge in [0.1, 0.15) is 10.2 Å². The Bertz CT molecular complexity index is 291. The van der Waals surface area contributed by atoms with E-state index in [-0.39, 0.29) is 19.2 Å². The second-order valence-corrected chi connectivity index (χ2v) is 4.33. The summed E-state index contributed by atoms with van der Waals surface area (Å²) in [5, 5.41) is 9.23. The molecule has 3 nitrogen and oxygen atoms in total. The van der Waals surface area contributed by atoms with Gasteiger partial charge in [-0.1, -0.05) is 0 Å². The van der Waals surface area contributed by atoms with Crippen LogP contribution in [-0.4, -0.2) is 16.7 Å². The fraction of sp³-hybridized carbons (Fsp3) is 0. The van der Waals surface area contributed by atoms with Crippen LogP contribution in [0.4, 0.5) is 0 Å². The van der Waals surface area contributed by atoms with Crippen LogP contribution in [0.3, 0.4) is 0 Å². The van der Waals surface area contributed by atoms with E-state index in [0.717, 1.165) is 0 Å². The number of aliphatic hydroxyl groups excluding tert-OH is 1. The number of rotatable bonds is 0. The Morgan fingerprint density at radius 2 is 1.25 bits per heavy atom. The van der Waals surface area contributed by atoms with E-state index < -0.39 is 11.6 Å². The first-order valence-corrected chi connectivity index (χ1v) is 5.08. The number of ketones is 2. The van der Waals surface area contributed by atoms with Crippen LogP contribution < -0.4 is 0 Å². The van der Waals surface area contributed by atoms with Crippen molar-refractivity contribution in [3.63, 3.8) is 0 Å². The number of Topliss-reactive ketones (excluding diaryl/α,β-unsaturated/α-hetero) is 2. The highest BCUT2D eigenvalue weighted by atomic mass is 79.9. The van der Waals surface area contributed by atoms with Gasteiger partial charge >= 0.3 is 0 Å². The fourth-order valence-electron chi connectivity index (χ4n) is 0.607. The van der Waals surface area contributed by atoms with Gasteiger partial charge in [-0.05, 0) is 47.8 Å². The summed E-state index contributed by atoms with van der Waals surface area (Å²) in [7, 11) is 0. The molecule has 0 aromatic carbocycles. The molecule has 0 bridgehead atoms. The molecule has 0 aromatic rings. The molecular weight excluding hydrogens is 360 g/mol. The van der Waals surface area contributed by atoms with E-state index in [2.05, 4.69) is 47.8 Å². The number of hydrogen-bond acceptors (Lipinski definition) is 3. The Balaban J connectivity index is 3.37. The highest BCUT2D eigenvalue weighted by Crippen LogP contribution is 2.34. The minimum Gasteiger partial charge on any atom is -0.505 e. The molecule has 6 heteroatoms. The van der Waals surface area contributed by atoms with Crippen LogP contribution in [0, 0.1) is 0 Å². The molecule has 1 aliphatic carbocycles. The lowest BCUT2D eigenvalue weighted by molar-refractivity contribution is -0.131. The number of allylic oxidation sites excluding steroid dienone is 3. The highest BCUT2D eigenvalue weighted by molar-refractivity contribution is 9.14. The van der Waals surface area contributed by atoms with Gasteiger partial charge in [0.2, 0.25) is 11.6 Å². The van der Waals surface area contributed by atoms with Gasteiger partial charge in [0.15, 0.2) is 0 Å². The fourth-order valence-corrected chi connectivity index (χ4v) is 2.00. The highest BCUT2D eigenvalue weighted by Gasteiger charge is 2.31. The average molecular weight is 361 g/mol. The molecule has 0 amide bonds. The molecule has 1 rings (SSSR count). The third-order valence-electron chi connectivity index (χ3n) is 1.21. The molecule has 12 heavy (non-hydrogen) atoms. The van der Waals surface area contributed by atoms with Crippen molar-refractivity contribution in [2.75, 3.05) is 0 Å². The van der Waals surface area contributed by atoms with Gasteiger partial charge in [0, 0.05) is 0 Å². The molecule has 0 fully saturated rings. The Kier molecular flexibility index (Phi) is 2.90. The molecule has 1 aliphatic rings. The second-order valence-electron chi connectivity index (χ2n) is 1.95. The molecule has 0 radical (unpaired) electrons. The summed E-state index contributed by atoms with van der Waals surface area (Å²) in [4.78, 5) is 22.0. The normalized spacial score (nSPS) is 19.2. The van der Waals surface area contributed by atoms with Crippen molar-refractivity contribution >= 4 is 59.4 Å². The minimum atomic E-state index is -0.762. The van der Waals surface area contributed by atoms with Crippen molar-refractivity contribution in [1.82, 2.24) is 0 Å². The molecule has 0 atom stereocenters. The molecule has 0 spiro atoms. The van der Waals surface area contributed by atoms with E-state index in [9.17, 15) is 14.7 Å². The van der Waals surface area contributed by atoms with Crippen LogP contribution in [0.1, 0.15) is 0 Å². The summed E-state index contributed by atoms with van der Waals surface area (Å²) in [6, 6.07) is 0. The molecule has 64 valence electrons. The first-order chi connectivity index (χ1) is 5.46. The first kappa shape index (κ1) is 10.1. The van der Waals surface area contributed by atoms with Crippen molar-refractivity contribution in [2.45, 2.75) is 0 Å². The maximum absolute atomic E-state index is 11.0. The molecule has 0 saturated carbocycles. The zero-order valence-electron chi connectivity index (χ0n) is 5.40. The molecular formula is C6HBr3O3. The number of aliphatic hydroxyl groups is 1. The SMILES string of the molecule is O=C1C(=O)C(Br)=C(Br)C(O)=C1Br. The predicted octanol–water partition coefficient (Wildman–Crippen LogP) is 2.30. The maximum Gasteiger partial charge on any atom is 0.244 e. The van der Waals surface area contributed by atoms with Gasteiger partial charge < -0.3 is 5.11 Å². The second kappa shape index (κ2) is 3.43. The lowest BCUT2D eigenvalue weighted by atomic mass is 10.1. The smallest absolute Gasteiger partial charge is 0.244 e. The van der Waals surface area contributed by atoms with Gasteiger partial charge in [-0.15, -0.1) is 0 Å². The van der Waals surface area contributed by atoms with E-state index in [1.165, 1.54) is 0 Å². The molecule has 0 unspecified atom stereocenters. The molecule has 0 heterocycles. The summed E-state index contributed by atoms with van der Waals surface area (Å²) >= 11 is 8.63. The lowest BCUT2D eigenvalue weighted by Crippen LogP contribution is -2.20. The summed E-state index contributed by atoms with van der Waals surface area (Å²) in [5.74, 6) is -1.72. The molecule has 0 aromatic heterocycles. The van der Waals surface area contributed by atoms with E-state index in [1.54, 1.807) is 0 Å². The zero-order valence-corrected chi connectivity index (χ0v) is 10.2. The van der Waals surface area contributed by atoms with Gasteiger partial charge in [0.05, 0.1) is 8.96 Å². The van der Waals surface area contributed by atoms with Gasteiger partial charge in [0.25, 0.3) is 0 Å². The Hall–Kier alpha value is 0.0600. The van der Waals surface area contributed by atoms with E-state index in [0.29, 0.717) is 0 Å². The van der Waals surface area contributed by atoms with Crippen LogP contribution in [0.15, 0.2) is 19.2 Å². The average Bonchev–Trinajstić information content (AvgIpc) is 2.08. The largest absolute Gasteiger partial charge is 0.505 e. The van der Waals surface area contributed by atoms with E-state index >= 15 is 0 Å². The Morgan fingerprint density at radius 3 is 1.75 bits per heavy atom.